The van der Waals surface area contributed by atoms with Crippen LogP contribution < -0.4 is 11.1 Å². The van der Waals surface area contributed by atoms with Gasteiger partial charge in [0, 0.05) is 12.6 Å². The highest BCUT2D eigenvalue weighted by Crippen LogP contribution is 2.37. The monoisotopic (exact) mass is 260 g/mol. The molecule has 3 N–H and O–H groups in total. The van der Waals surface area contributed by atoms with Crippen LogP contribution in [0.2, 0.25) is 0 Å². The summed E-state index contributed by atoms with van der Waals surface area (Å²) in [5.74, 6) is 0.371. The van der Waals surface area contributed by atoms with Gasteiger partial charge in [0.1, 0.15) is 0 Å². The zero-order chi connectivity index (χ0) is 14.0. The number of nitrogens with two attached hydrogens (primary N) is 1. The van der Waals surface area contributed by atoms with Gasteiger partial charge in [0.15, 0.2) is 0 Å². The molecule has 0 saturated carbocycles. The summed E-state index contributed by atoms with van der Waals surface area (Å²) in [4.78, 5) is 11.4. The van der Waals surface area contributed by atoms with E-state index in [4.69, 9.17) is 5.73 Å². The number of amides is 1. The zero-order valence-corrected chi connectivity index (χ0v) is 12.1. The van der Waals surface area contributed by atoms with Gasteiger partial charge in [-0.2, -0.15) is 0 Å². The third-order valence-corrected chi connectivity index (χ3v) is 4.25. The minimum Gasteiger partial charge on any atom is -0.369 e. The molecule has 1 aliphatic carbocycles. The fraction of sp³-hybridized carbons (Fsp3) is 0.562. The second kappa shape index (κ2) is 5.33. The van der Waals surface area contributed by atoms with Crippen LogP contribution in [-0.2, 0) is 4.79 Å². The van der Waals surface area contributed by atoms with Crippen LogP contribution in [0.1, 0.15) is 56.7 Å². The van der Waals surface area contributed by atoms with E-state index in [-0.39, 0.29) is 5.91 Å². The van der Waals surface area contributed by atoms with E-state index in [1.807, 2.05) is 13.8 Å². The van der Waals surface area contributed by atoms with Gasteiger partial charge >= 0.3 is 0 Å². The van der Waals surface area contributed by atoms with Crippen LogP contribution in [0.15, 0.2) is 24.3 Å². The molecule has 1 aromatic rings. The summed E-state index contributed by atoms with van der Waals surface area (Å²) in [6.07, 6.45) is 2.30. The molecule has 1 aliphatic rings. The molecule has 0 saturated heterocycles. The number of carbonyl (C=O) groups is 1. The fourth-order valence-electron chi connectivity index (χ4n) is 2.68. The predicted octanol–water partition coefficient (Wildman–Crippen LogP) is 2.73. The fourth-order valence-corrected chi connectivity index (χ4v) is 2.68. The molecule has 3 heteroatoms. The van der Waals surface area contributed by atoms with E-state index in [0.717, 1.165) is 6.42 Å². The number of nitrogens with one attached hydrogen (secondary N) is 1. The Balaban J connectivity index is 2.11. The Labute approximate surface area is 115 Å². The van der Waals surface area contributed by atoms with Gasteiger partial charge in [-0.1, -0.05) is 31.2 Å². The van der Waals surface area contributed by atoms with E-state index in [9.17, 15) is 4.79 Å². The summed E-state index contributed by atoms with van der Waals surface area (Å²) >= 11 is 0. The van der Waals surface area contributed by atoms with Crippen LogP contribution in [0.3, 0.4) is 0 Å². The van der Waals surface area contributed by atoms with Gasteiger partial charge in [0.2, 0.25) is 5.91 Å². The van der Waals surface area contributed by atoms with Gasteiger partial charge in [0.05, 0.1) is 5.41 Å². The summed E-state index contributed by atoms with van der Waals surface area (Å²) in [5.41, 5.74) is 7.73. The second-order valence-corrected chi connectivity index (χ2v) is 6.29. The maximum absolute atomic E-state index is 11.4. The lowest BCUT2D eigenvalue weighted by atomic mass is 9.80. The topological polar surface area (TPSA) is 55.1 Å². The number of rotatable bonds is 4. The molecule has 0 fully saturated rings. The van der Waals surface area contributed by atoms with Crippen LogP contribution >= 0.6 is 0 Å². The maximum atomic E-state index is 11.4. The van der Waals surface area contributed by atoms with Crippen LogP contribution in [0, 0.1) is 5.41 Å². The van der Waals surface area contributed by atoms with Crippen molar-refractivity contribution in [2.75, 3.05) is 6.54 Å². The van der Waals surface area contributed by atoms with Crippen molar-refractivity contribution < 1.29 is 4.79 Å². The molecule has 0 aromatic heterocycles. The molecule has 3 nitrogen and oxygen atoms in total. The zero-order valence-electron chi connectivity index (χ0n) is 12.1. The third kappa shape index (κ3) is 2.98. The molecule has 2 rings (SSSR count). The molecule has 0 bridgehead atoms. The van der Waals surface area contributed by atoms with Crippen LogP contribution in [0.5, 0.6) is 0 Å². The molecule has 0 radical (unpaired) electrons. The van der Waals surface area contributed by atoms with Gasteiger partial charge < -0.3 is 11.1 Å². The number of hydrogen-bond acceptors (Lipinski definition) is 2. The Morgan fingerprint density at radius 3 is 2.58 bits per heavy atom. The number of primary amides is 1. The molecule has 0 spiro atoms. The first kappa shape index (κ1) is 14.1. The molecule has 0 aliphatic heterocycles. The Bertz CT molecular complexity index is 468. The summed E-state index contributed by atoms with van der Waals surface area (Å²) in [7, 11) is 0. The lowest BCUT2D eigenvalue weighted by Gasteiger charge is -2.32. The molecular weight excluding hydrogens is 236 g/mol. The maximum Gasteiger partial charge on any atom is 0.224 e. The first-order chi connectivity index (χ1) is 8.92. The largest absolute Gasteiger partial charge is 0.369 e. The summed E-state index contributed by atoms with van der Waals surface area (Å²) in [6, 6.07) is 8.94. The molecule has 0 heterocycles. The van der Waals surface area contributed by atoms with Gasteiger partial charge in [-0.3, -0.25) is 4.79 Å². The predicted molar refractivity (Wildman–Crippen MR) is 77.8 cm³/mol. The molecule has 19 heavy (non-hydrogen) atoms. The molecule has 1 aromatic carbocycles. The molecule has 104 valence electrons. The first-order valence-electron chi connectivity index (χ1n) is 7.04. The van der Waals surface area contributed by atoms with Gasteiger partial charge in [0.25, 0.3) is 0 Å². The van der Waals surface area contributed by atoms with E-state index in [0.29, 0.717) is 18.5 Å². The van der Waals surface area contributed by atoms with Crippen molar-refractivity contribution in [1.29, 1.82) is 0 Å². The highest BCUT2D eigenvalue weighted by molar-refractivity contribution is 5.80. The van der Waals surface area contributed by atoms with Crippen LogP contribution in [-0.4, -0.2) is 12.5 Å². The quantitative estimate of drug-likeness (QED) is 0.874. The van der Waals surface area contributed by atoms with Crippen LogP contribution in [0.4, 0.5) is 0 Å². The number of carbonyl (C=O) groups excluding carboxylic acids is 1. The Morgan fingerprint density at radius 2 is 1.95 bits per heavy atom. The highest BCUT2D eigenvalue weighted by Gasteiger charge is 2.29. The number of fused-ring (bicyclic) bond motifs is 1. The Kier molecular flexibility index (Phi) is 3.95. The highest BCUT2D eigenvalue weighted by atomic mass is 16.1. The summed E-state index contributed by atoms with van der Waals surface area (Å²) in [5, 5.41) is 3.52. The van der Waals surface area contributed by atoms with E-state index >= 15 is 0 Å². The molecule has 2 unspecified atom stereocenters. The lowest BCUT2D eigenvalue weighted by molar-refractivity contribution is -0.125. The minimum atomic E-state index is -0.502. The van der Waals surface area contributed by atoms with E-state index in [2.05, 4.69) is 36.5 Å². The van der Waals surface area contributed by atoms with E-state index in [1.54, 1.807) is 0 Å². The van der Waals surface area contributed by atoms with Crippen molar-refractivity contribution >= 4 is 5.91 Å². The summed E-state index contributed by atoms with van der Waals surface area (Å²) < 4.78 is 0. The number of benzene rings is 1. The molecule has 2 atom stereocenters. The average molecular weight is 260 g/mol. The Hall–Kier alpha value is -1.35. The third-order valence-electron chi connectivity index (χ3n) is 4.25. The van der Waals surface area contributed by atoms with E-state index < -0.39 is 5.41 Å². The van der Waals surface area contributed by atoms with Gasteiger partial charge in [-0.25, -0.2) is 0 Å². The van der Waals surface area contributed by atoms with Crippen LogP contribution in [0.25, 0.3) is 0 Å². The van der Waals surface area contributed by atoms with Crippen molar-refractivity contribution in [3.63, 3.8) is 0 Å². The van der Waals surface area contributed by atoms with Gasteiger partial charge in [-0.05, 0) is 43.7 Å². The van der Waals surface area contributed by atoms with Crippen molar-refractivity contribution in [3.05, 3.63) is 35.4 Å². The van der Waals surface area contributed by atoms with Crippen molar-refractivity contribution in [2.45, 2.75) is 45.6 Å². The van der Waals surface area contributed by atoms with E-state index in [1.165, 1.54) is 17.5 Å². The summed E-state index contributed by atoms with van der Waals surface area (Å²) in [6.45, 7) is 6.68. The SMILES string of the molecule is CC1CCC(NCC(C)(C)C(N)=O)c2ccccc21. The second-order valence-electron chi connectivity index (χ2n) is 6.29. The van der Waals surface area contributed by atoms with Crippen molar-refractivity contribution in [1.82, 2.24) is 5.32 Å². The Morgan fingerprint density at radius 1 is 1.32 bits per heavy atom. The first-order valence-corrected chi connectivity index (χ1v) is 7.04. The minimum absolute atomic E-state index is 0.252. The van der Waals surface area contributed by atoms with Gasteiger partial charge in [-0.15, -0.1) is 0 Å². The normalized spacial score (nSPS) is 22.9. The number of hydrogen-bond donors (Lipinski definition) is 2. The molecule has 1 amide bonds. The molecular formula is C16H24N2O. The smallest absolute Gasteiger partial charge is 0.224 e. The standard InChI is InChI=1S/C16H24N2O/c1-11-8-9-14(13-7-5-4-6-12(11)13)18-10-16(2,3)15(17)19/h4-7,11,14,18H,8-10H2,1-3H3,(H2,17,19). The lowest BCUT2D eigenvalue weighted by Crippen LogP contribution is -2.42. The average Bonchev–Trinajstić information content (AvgIpc) is 2.38. The van der Waals surface area contributed by atoms with Crippen molar-refractivity contribution in [3.8, 4) is 0 Å². The van der Waals surface area contributed by atoms with Crippen molar-refractivity contribution in [2.24, 2.45) is 11.1 Å².